The summed E-state index contributed by atoms with van der Waals surface area (Å²) in [5, 5.41) is 9.78. The summed E-state index contributed by atoms with van der Waals surface area (Å²) in [6.07, 6.45) is 8.36. The number of aromatic nitrogens is 5. The van der Waals surface area contributed by atoms with Crippen LogP contribution in [0.25, 0.3) is 16.9 Å². The molecule has 3 aromatic heterocycles. The molecule has 1 aliphatic rings. The number of hydrogen-bond acceptors (Lipinski definition) is 7. The number of nitrogens with one attached hydrogen (secondary N) is 2. The number of nitrogens with two attached hydrogens (primary N) is 1. The molecule has 5 rings (SSSR count). The molecule has 0 bridgehead atoms. The quantitative estimate of drug-likeness (QED) is 0.216. The van der Waals surface area contributed by atoms with Gasteiger partial charge in [0.2, 0.25) is 0 Å². The van der Waals surface area contributed by atoms with Crippen molar-refractivity contribution in [2.75, 3.05) is 31.6 Å². The molecule has 1 fully saturated rings. The van der Waals surface area contributed by atoms with Crippen molar-refractivity contribution in [2.24, 2.45) is 11.7 Å². The van der Waals surface area contributed by atoms with Crippen molar-refractivity contribution in [2.45, 2.75) is 32.2 Å². The van der Waals surface area contributed by atoms with Crippen molar-refractivity contribution in [3.05, 3.63) is 60.1 Å². The number of amides is 1. The van der Waals surface area contributed by atoms with Gasteiger partial charge in [0.1, 0.15) is 11.5 Å². The third kappa shape index (κ3) is 6.54. The van der Waals surface area contributed by atoms with E-state index in [4.69, 9.17) is 10.5 Å². The van der Waals surface area contributed by atoms with Crippen LogP contribution in [0.5, 0.6) is 0 Å². The second-order valence-corrected chi connectivity index (χ2v) is 9.53. The van der Waals surface area contributed by atoms with Crippen LogP contribution in [0.2, 0.25) is 0 Å². The van der Waals surface area contributed by atoms with Gasteiger partial charge >= 0.3 is 0 Å². The van der Waals surface area contributed by atoms with E-state index in [1.54, 1.807) is 21.5 Å². The average Bonchev–Trinajstić information content (AvgIpc) is 3.42. The topological polar surface area (TPSA) is 124 Å². The maximum Gasteiger partial charge on any atom is 0.289 e. The predicted octanol–water partition coefficient (Wildman–Crippen LogP) is 4.12. The van der Waals surface area contributed by atoms with Gasteiger partial charge in [-0.05, 0) is 37.0 Å². The molecular formula is C26H30ClF3N8O2. The highest BCUT2D eigenvalue weighted by Gasteiger charge is 2.34. The van der Waals surface area contributed by atoms with Crippen molar-refractivity contribution in [3.8, 4) is 11.3 Å². The van der Waals surface area contributed by atoms with E-state index in [-0.39, 0.29) is 48.2 Å². The first-order chi connectivity index (χ1) is 18.7. The number of ether oxygens (including phenoxy) is 1. The lowest BCUT2D eigenvalue weighted by Gasteiger charge is -2.11. The largest absolute Gasteiger partial charge is 0.378 e. The first-order valence-corrected chi connectivity index (χ1v) is 12.7. The predicted molar refractivity (Wildman–Crippen MR) is 146 cm³/mol. The van der Waals surface area contributed by atoms with Gasteiger partial charge < -0.3 is 21.1 Å². The van der Waals surface area contributed by atoms with Gasteiger partial charge in [0.15, 0.2) is 11.5 Å². The van der Waals surface area contributed by atoms with Gasteiger partial charge in [-0.2, -0.15) is 13.9 Å². The number of rotatable bonds is 12. The van der Waals surface area contributed by atoms with Crippen molar-refractivity contribution in [3.63, 3.8) is 0 Å². The second kappa shape index (κ2) is 12.2. The van der Waals surface area contributed by atoms with Gasteiger partial charge in [0.25, 0.3) is 11.8 Å². The molecule has 40 heavy (non-hydrogen) atoms. The molecule has 0 spiro atoms. The normalized spacial score (nSPS) is 13.3. The molecule has 0 aliphatic heterocycles. The first kappa shape index (κ1) is 29.3. The summed E-state index contributed by atoms with van der Waals surface area (Å²) >= 11 is 0. The molecule has 4 aromatic rings. The number of benzene rings is 1. The maximum atomic E-state index is 14.8. The molecule has 4 N–H and O–H groups in total. The lowest BCUT2D eigenvalue weighted by atomic mass is 10.1. The molecule has 3 heterocycles. The molecule has 1 amide bonds. The average molecular weight is 579 g/mol. The van der Waals surface area contributed by atoms with Crippen LogP contribution in [0.4, 0.5) is 24.7 Å². The summed E-state index contributed by atoms with van der Waals surface area (Å²) in [5.41, 5.74) is 6.30. The van der Waals surface area contributed by atoms with Crippen molar-refractivity contribution in [1.29, 1.82) is 0 Å². The minimum absolute atomic E-state index is 0. The summed E-state index contributed by atoms with van der Waals surface area (Å²) in [4.78, 5) is 21.0. The molecular weight excluding hydrogens is 549 g/mol. The van der Waals surface area contributed by atoms with Crippen LogP contribution < -0.4 is 16.4 Å². The van der Waals surface area contributed by atoms with Crippen LogP contribution in [-0.2, 0) is 17.2 Å². The molecule has 10 nitrogen and oxygen atoms in total. The van der Waals surface area contributed by atoms with Crippen molar-refractivity contribution in [1.82, 2.24) is 29.5 Å². The van der Waals surface area contributed by atoms with E-state index in [1.165, 1.54) is 30.6 Å². The van der Waals surface area contributed by atoms with Gasteiger partial charge in [-0.15, -0.1) is 12.4 Å². The van der Waals surface area contributed by atoms with E-state index in [9.17, 15) is 18.0 Å². The van der Waals surface area contributed by atoms with E-state index in [0.29, 0.717) is 42.6 Å². The zero-order valence-corrected chi connectivity index (χ0v) is 22.6. The Bertz CT molecular complexity index is 1480. The van der Waals surface area contributed by atoms with Gasteiger partial charge in [0, 0.05) is 56.4 Å². The standard InChI is InChI=1S/C26H29F3N8O2.ClH/c1-26(28,29)22-19(15-36(35-22)14-16-2-3-16)21-13-33-24-23(31-7-9-37(21)24)34-17-4-5-18(20(27)12-17)25(38)32-8-11-39-10-6-30;/h4-5,7,9,12-13,15-16H,2-3,6,8,10-11,14,30H2,1H3,(H,31,34)(H,32,38);1H. The van der Waals surface area contributed by atoms with Crippen molar-refractivity contribution < 1.29 is 22.7 Å². The van der Waals surface area contributed by atoms with Crippen LogP contribution in [0, 0.1) is 11.7 Å². The van der Waals surface area contributed by atoms with Crippen LogP contribution in [0.3, 0.4) is 0 Å². The number of anilines is 2. The summed E-state index contributed by atoms with van der Waals surface area (Å²) in [6.45, 7) is 2.66. The molecule has 0 radical (unpaired) electrons. The Morgan fingerprint density at radius 2 is 2.05 bits per heavy atom. The van der Waals surface area contributed by atoms with E-state index in [2.05, 4.69) is 25.7 Å². The Kier molecular flexibility index (Phi) is 8.96. The Morgan fingerprint density at radius 1 is 1.25 bits per heavy atom. The van der Waals surface area contributed by atoms with Crippen LogP contribution >= 0.6 is 12.4 Å². The van der Waals surface area contributed by atoms with Crippen LogP contribution in [-0.4, -0.2) is 56.4 Å². The van der Waals surface area contributed by atoms with E-state index < -0.39 is 17.6 Å². The monoisotopic (exact) mass is 578 g/mol. The summed E-state index contributed by atoms with van der Waals surface area (Å²) in [5.74, 6) is -3.70. The van der Waals surface area contributed by atoms with Gasteiger partial charge in [-0.1, -0.05) is 0 Å². The Labute approximate surface area is 234 Å². The fraction of sp³-hybridized carbons (Fsp3) is 0.385. The van der Waals surface area contributed by atoms with Crippen molar-refractivity contribution >= 4 is 35.5 Å². The van der Waals surface area contributed by atoms with Gasteiger partial charge in [-0.25, -0.2) is 14.4 Å². The first-order valence-electron chi connectivity index (χ1n) is 12.7. The zero-order chi connectivity index (χ0) is 27.6. The summed E-state index contributed by atoms with van der Waals surface area (Å²) < 4.78 is 52.1. The lowest BCUT2D eigenvalue weighted by molar-refractivity contribution is 0.0126. The van der Waals surface area contributed by atoms with Crippen LogP contribution in [0.15, 0.2) is 43.0 Å². The van der Waals surface area contributed by atoms with Gasteiger partial charge in [-0.3, -0.25) is 13.9 Å². The van der Waals surface area contributed by atoms with Gasteiger partial charge in [0.05, 0.1) is 30.7 Å². The second-order valence-electron chi connectivity index (χ2n) is 9.53. The molecule has 1 aliphatic carbocycles. The smallest absolute Gasteiger partial charge is 0.289 e. The fourth-order valence-electron chi connectivity index (χ4n) is 4.23. The van der Waals surface area contributed by atoms with E-state index in [1.807, 2.05) is 0 Å². The number of carbonyl (C=O) groups excluding carboxylic acids is 1. The number of fused-ring (bicyclic) bond motifs is 1. The van der Waals surface area contributed by atoms with E-state index in [0.717, 1.165) is 19.8 Å². The third-order valence-electron chi connectivity index (χ3n) is 6.29. The molecule has 214 valence electrons. The number of alkyl halides is 2. The fourth-order valence-corrected chi connectivity index (χ4v) is 4.23. The summed E-state index contributed by atoms with van der Waals surface area (Å²) in [7, 11) is 0. The number of carbonyl (C=O) groups is 1. The number of nitrogens with zero attached hydrogens (tertiary/aromatic N) is 5. The third-order valence-corrected chi connectivity index (χ3v) is 6.29. The number of halogens is 4. The molecule has 1 saturated carbocycles. The minimum atomic E-state index is -3.15. The zero-order valence-electron chi connectivity index (χ0n) is 21.7. The summed E-state index contributed by atoms with van der Waals surface area (Å²) in [6, 6.07) is 4.07. The number of hydrogen-bond donors (Lipinski definition) is 3. The molecule has 0 atom stereocenters. The maximum absolute atomic E-state index is 14.8. The Balaban J connectivity index is 0.00000370. The molecule has 0 unspecified atom stereocenters. The van der Waals surface area contributed by atoms with E-state index >= 15 is 0 Å². The Morgan fingerprint density at radius 3 is 2.75 bits per heavy atom. The van der Waals surface area contributed by atoms with Crippen LogP contribution in [0.1, 0.15) is 35.8 Å². The molecule has 1 aromatic carbocycles. The highest BCUT2D eigenvalue weighted by atomic mass is 35.5. The molecule has 0 saturated heterocycles. The lowest BCUT2D eigenvalue weighted by Crippen LogP contribution is -2.28. The minimum Gasteiger partial charge on any atom is -0.378 e. The Hall–Kier alpha value is -3.68. The number of imidazole rings is 1. The molecule has 14 heteroatoms. The highest BCUT2D eigenvalue weighted by Crippen LogP contribution is 2.37. The highest BCUT2D eigenvalue weighted by molar-refractivity contribution is 5.95. The SMILES string of the molecule is CC(F)(F)c1nn(CC2CC2)cc1-c1cnc2c(Nc3ccc(C(=O)NCCOCCN)c(F)c3)nccn12.Cl.